The number of halogens is 1. The number of anilines is 1. The van der Waals surface area contributed by atoms with E-state index in [9.17, 15) is 4.79 Å². The maximum absolute atomic E-state index is 11.1. The Bertz CT molecular complexity index is 886. The molecule has 24 heavy (non-hydrogen) atoms. The molecular formula is C19H16ClNO3. The van der Waals surface area contributed by atoms with Crippen LogP contribution in [0.4, 0.5) is 5.69 Å². The third-order valence-electron chi connectivity index (χ3n) is 3.71. The van der Waals surface area contributed by atoms with Crippen molar-refractivity contribution in [2.75, 3.05) is 5.32 Å². The smallest absolute Gasteiger partial charge is 0.335 e. The largest absolute Gasteiger partial charge is 0.478 e. The van der Waals surface area contributed by atoms with E-state index in [1.165, 1.54) is 0 Å². The molecule has 0 aliphatic carbocycles. The van der Waals surface area contributed by atoms with Crippen molar-refractivity contribution in [3.8, 4) is 11.3 Å². The van der Waals surface area contributed by atoms with E-state index in [1.54, 1.807) is 18.2 Å². The molecule has 2 N–H and O–H groups in total. The van der Waals surface area contributed by atoms with Crippen LogP contribution in [0.5, 0.6) is 0 Å². The van der Waals surface area contributed by atoms with Crippen molar-refractivity contribution < 1.29 is 14.3 Å². The van der Waals surface area contributed by atoms with Crippen LogP contribution >= 0.6 is 11.6 Å². The minimum absolute atomic E-state index is 0.252. The lowest BCUT2D eigenvalue weighted by molar-refractivity contribution is 0.0697. The van der Waals surface area contributed by atoms with Crippen molar-refractivity contribution in [3.63, 3.8) is 0 Å². The maximum atomic E-state index is 11.1. The second kappa shape index (κ2) is 6.81. The molecule has 5 heteroatoms. The number of benzene rings is 2. The van der Waals surface area contributed by atoms with Crippen molar-refractivity contribution in [3.05, 3.63) is 76.5 Å². The summed E-state index contributed by atoms with van der Waals surface area (Å²) in [6, 6.07) is 16.2. The molecule has 0 radical (unpaired) electrons. The van der Waals surface area contributed by atoms with Crippen molar-refractivity contribution in [2.24, 2.45) is 0 Å². The molecule has 1 heterocycles. The number of hydrogen-bond acceptors (Lipinski definition) is 3. The molecule has 0 unspecified atom stereocenters. The van der Waals surface area contributed by atoms with Crippen molar-refractivity contribution in [1.29, 1.82) is 0 Å². The average molecular weight is 342 g/mol. The van der Waals surface area contributed by atoms with Gasteiger partial charge in [0.2, 0.25) is 0 Å². The standard InChI is InChI=1S/C19H16ClNO3/c1-12-5-6-14(19(22)23)10-17(12)21-11-16-7-8-18(24-16)13-3-2-4-15(20)9-13/h2-10,21H,11H2,1H3,(H,22,23). The zero-order valence-corrected chi connectivity index (χ0v) is 13.8. The van der Waals surface area contributed by atoms with Gasteiger partial charge >= 0.3 is 5.97 Å². The molecule has 122 valence electrons. The Balaban J connectivity index is 1.74. The molecule has 3 rings (SSSR count). The van der Waals surface area contributed by atoms with E-state index < -0.39 is 5.97 Å². The molecule has 0 aliphatic heterocycles. The first-order valence-corrected chi connectivity index (χ1v) is 7.83. The van der Waals surface area contributed by atoms with Gasteiger partial charge in [0.15, 0.2) is 0 Å². The van der Waals surface area contributed by atoms with Gasteiger partial charge in [-0.15, -0.1) is 0 Å². The molecule has 2 aromatic carbocycles. The van der Waals surface area contributed by atoms with Gasteiger partial charge in [-0.05, 0) is 48.9 Å². The second-order valence-corrected chi connectivity index (χ2v) is 5.90. The summed E-state index contributed by atoms with van der Waals surface area (Å²) in [5.41, 5.74) is 2.91. The van der Waals surface area contributed by atoms with Crippen LogP contribution in [0.1, 0.15) is 21.7 Å². The number of nitrogens with one attached hydrogen (secondary N) is 1. The normalized spacial score (nSPS) is 10.6. The van der Waals surface area contributed by atoms with Crippen molar-refractivity contribution in [2.45, 2.75) is 13.5 Å². The van der Waals surface area contributed by atoms with E-state index in [0.717, 1.165) is 28.3 Å². The number of carboxylic acid groups (broad SMARTS) is 1. The molecule has 4 nitrogen and oxygen atoms in total. The average Bonchev–Trinajstić information content (AvgIpc) is 3.03. The van der Waals surface area contributed by atoms with Crippen LogP contribution in [0.2, 0.25) is 5.02 Å². The van der Waals surface area contributed by atoms with Gasteiger partial charge in [0, 0.05) is 16.3 Å². The van der Waals surface area contributed by atoms with Crippen LogP contribution in [0, 0.1) is 6.92 Å². The van der Waals surface area contributed by atoms with Crippen LogP contribution in [-0.4, -0.2) is 11.1 Å². The molecule has 0 atom stereocenters. The van der Waals surface area contributed by atoms with Gasteiger partial charge < -0.3 is 14.8 Å². The minimum Gasteiger partial charge on any atom is -0.478 e. The third kappa shape index (κ3) is 3.60. The van der Waals surface area contributed by atoms with Gasteiger partial charge in [-0.1, -0.05) is 29.8 Å². The molecule has 0 spiro atoms. The summed E-state index contributed by atoms with van der Waals surface area (Å²) in [6.45, 7) is 2.39. The molecule has 3 aromatic rings. The van der Waals surface area contributed by atoms with E-state index in [2.05, 4.69) is 5.32 Å². The van der Waals surface area contributed by atoms with Crippen LogP contribution in [0.3, 0.4) is 0 Å². The highest BCUT2D eigenvalue weighted by atomic mass is 35.5. The second-order valence-electron chi connectivity index (χ2n) is 5.46. The summed E-state index contributed by atoms with van der Waals surface area (Å²) >= 11 is 6.00. The summed E-state index contributed by atoms with van der Waals surface area (Å²) < 4.78 is 5.83. The van der Waals surface area contributed by atoms with Crippen molar-refractivity contribution in [1.82, 2.24) is 0 Å². The summed E-state index contributed by atoms with van der Waals surface area (Å²) in [5.74, 6) is 0.551. The fourth-order valence-corrected chi connectivity index (χ4v) is 2.59. The SMILES string of the molecule is Cc1ccc(C(=O)O)cc1NCc1ccc(-c2cccc(Cl)c2)o1. The Morgan fingerprint density at radius 3 is 2.75 bits per heavy atom. The number of furan rings is 1. The first-order valence-electron chi connectivity index (χ1n) is 7.45. The molecule has 0 amide bonds. The summed E-state index contributed by atoms with van der Waals surface area (Å²) in [6.07, 6.45) is 0. The monoisotopic (exact) mass is 341 g/mol. The van der Waals surface area contributed by atoms with Gasteiger partial charge in [-0.3, -0.25) is 0 Å². The Morgan fingerprint density at radius 1 is 1.17 bits per heavy atom. The van der Waals surface area contributed by atoms with Crippen molar-refractivity contribution >= 4 is 23.3 Å². The number of aryl methyl sites for hydroxylation is 1. The molecule has 0 bridgehead atoms. The van der Waals surface area contributed by atoms with E-state index in [0.29, 0.717) is 11.6 Å². The lowest BCUT2D eigenvalue weighted by Crippen LogP contribution is -2.03. The van der Waals surface area contributed by atoms with E-state index >= 15 is 0 Å². The summed E-state index contributed by atoms with van der Waals surface area (Å²) in [5, 5.41) is 13.0. The summed E-state index contributed by atoms with van der Waals surface area (Å²) in [4.78, 5) is 11.1. The Morgan fingerprint density at radius 2 is 2.00 bits per heavy atom. The molecule has 1 aromatic heterocycles. The molecule has 0 aliphatic rings. The first-order chi connectivity index (χ1) is 11.5. The topological polar surface area (TPSA) is 62.5 Å². The zero-order chi connectivity index (χ0) is 17.1. The quantitative estimate of drug-likeness (QED) is 0.668. The lowest BCUT2D eigenvalue weighted by Gasteiger charge is -2.09. The first kappa shape index (κ1) is 16.1. The summed E-state index contributed by atoms with van der Waals surface area (Å²) in [7, 11) is 0. The fourth-order valence-electron chi connectivity index (χ4n) is 2.40. The zero-order valence-electron chi connectivity index (χ0n) is 13.0. The van der Waals surface area contributed by atoms with Gasteiger partial charge in [0.1, 0.15) is 11.5 Å². The highest BCUT2D eigenvalue weighted by Gasteiger charge is 2.08. The van der Waals surface area contributed by atoms with Crippen LogP contribution in [0.15, 0.2) is 59.0 Å². The predicted molar refractivity (Wildman–Crippen MR) is 94.6 cm³/mol. The molecule has 0 fully saturated rings. The number of carboxylic acids is 1. The number of hydrogen-bond donors (Lipinski definition) is 2. The maximum Gasteiger partial charge on any atom is 0.335 e. The third-order valence-corrected chi connectivity index (χ3v) is 3.94. The van der Waals surface area contributed by atoms with Crippen LogP contribution in [-0.2, 0) is 6.54 Å². The van der Waals surface area contributed by atoms with E-state index in [4.69, 9.17) is 21.1 Å². The number of carbonyl (C=O) groups is 1. The van der Waals surface area contributed by atoms with Gasteiger partial charge in [-0.2, -0.15) is 0 Å². The van der Waals surface area contributed by atoms with Gasteiger partial charge in [0.25, 0.3) is 0 Å². The van der Waals surface area contributed by atoms with E-state index in [1.807, 2.05) is 43.3 Å². The molecule has 0 saturated carbocycles. The Labute approximate surface area is 144 Å². The van der Waals surface area contributed by atoms with Crippen LogP contribution < -0.4 is 5.32 Å². The molecule has 0 saturated heterocycles. The predicted octanol–water partition coefficient (Wildman–Crippen LogP) is 5.22. The van der Waals surface area contributed by atoms with Crippen LogP contribution in [0.25, 0.3) is 11.3 Å². The highest BCUT2D eigenvalue weighted by Crippen LogP contribution is 2.25. The Hall–Kier alpha value is -2.72. The van der Waals surface area contributed by atoms with Gasteiger partial charge in [0.05, 0.1) is 12.1 Å². The highest BCUT2D eigenvalue weighted by molar-refractivity contribution is 6.30. The lowest BCUT2D eigenvalue weighted by atomic mass is 10.1. The fraction of sp³-hybridized carbons (Fsp3) is 0.105. The Kier molecular flexibility index (Phi) is 4.58. The molecular weight excluding hydrogens is 326 g/mol. The van der Waals surface area contributed by atoms with E-state index in [-0.39, 0.29) is 5.56 Å². The minimum atomic E-state index is -0.945. The van der Waals surface area contributed by atoms with Gasteiger partial charge in [-0.25, -0.2) is 4.79 Å². The number of aromatic carboxylic acids is 1. The number of rotatable bonds is 5.